The second-order valence-electron chi connectivity index (χ2n) is 6.63. The van der Waals surface area contributed by atoms with Gasteiger partial charge in [0, 0.05) is 18.0 Å². The smallest absolute Gasteiger partial charge is 0.410 e. The van der Waals surface area contributed by atoms with Crippen molar-refractivity contribution in [2.24, 2.45) is 0 Å². The van der Waals surface area contributed by atoms with E-state index >= 15 is 0 Å². The normalized spacial score (nSPS) is 16.0. The van der Waals surface area contributed by atoms with E-state index in [2.05, 4.69) is 0 Å². The van der Waals surface area contributed by atoms with Crippen LogP contribution in [0.25, 0.3) is 0 Å². The first-order valence-corrected chi connectivity index (χ1v) is 10.2. The van der Waals surface area contributed by atoms with Crippen LogP contribution in [0.5, 0.6) is 5.75 Å². The molecule has 0 radical (unpaired) electrons. The van der Waals surface area contributed by atoms with E-state index in [1.165, 1.54) is 0 Å². The van der Waals surface area contributed by atoms with Crippen LogP contribution in [0.15, 0.2) is 53.4 Å². The molecule has 0 aliphatic carbocycles. The molecular weight excluding hydrogens is 362 g/mol. The van der Waals surface area contributed by atoms with Crippen molar-refractivity contribution in [1.82, 2.24) is 4.90 Å². The summed E-state index contributed by atoms with van der Waals surface area (Å²) < 4.78 is 10.8. The van der Waals surface area contributed by atoms with Crippen molar-refractivity contribution in [3.05, 3.63) is 59.7 Å². The maximum Gasteiger partial charge on any atom is 0.410 e. The Hall–Kier alpha value is -2.18. The number of nitrogens with zero attached hydrogens (tertiary/aromatic N) is 1. The third-order valence-corrected chi connectivity index (χ3v) is 5.75. The quantitative estimate of drug-likeness (QED) is 0.785. The SMILES string of the molecule is COc1cc(C2(O)CCN(C(=O)OCc3ccccc3)CC2)ccc1SC. The molecule has 0 bridgehead atoms. The molecule has 3 rings (SSSR count). The summed E-state index contributed by atoms with van der Waals surface area (Å²) in [7, 11) is 1.63. The predicted molar refractivity (Wildman–Crippen MR) is 106 cm³/mol. The van der Waals surface area contributed by atoms with Gasteiger partial charge in [-0.3, -0.25) is 0 Å². The summed E-state index contributed by atoms with van der Waals surface area (Å²) in [6, 6.07) is 15.4. The van der Waals surface area contributed by atoms with Gasteiger partial charge in [0.25, 0.3) is 0 Å². The molecular formula is C21H25NO4S. The molecule has 2 aromatic rings. The molecule has 2 aromatic carbocycles. The fourth-order valence-electron chi connectivity index (χ4n) is 3.28. The zero-order valence-corrected chi connectivity index (χ0v) is 16.5. The summed E-state index contributed by atoms with van der Waals surface area (Å²) in [5.41, 5.74) is 0.829. The van der Waals surface area contributed by atoms with Gasteiger partial charge < -0.3 is 19.5 Å². The number of hydrogen-bond acceptors (Lipinski definition) is 5. The van der Waals surface area contributed by atoms with Crippen molar-refractivity contribution >= 4 is 17.9 Å². The van der Waals surface area contributed by atoms with Gasteiger partial charge in [-0.2, -0.15) is 0 Å². The van der Waals surface area contributed by atoms with Gasteiger partial charge in [0.15, 0.2) is 0 Å². The summed E-state index contributed by atoms with van der Waals surface area (Å²) in [5, 5.41) is 11.1. The Kier molecular flexibility index (Phi) is 6.29. The number of rotatable bonds is 5. The number of amides is 1. The van der Waals surface area contributed by atoms with E-state index in [9.17, 15) is 9.90 Å². The lowest BCUT2D eigenvalue weighted by Crippen LogP contribution is -2.45. The van der Waals surface area contributed by atoms with Gasteiger partial charge in [-0.05, 0) is 42.4 Å². The average Bonchev–Trinajstić information content (AvgIpc) is 2.72. The van der Waals surface area contributed by atoms with E-state index in [1.807, 2.05) is 54.8 Å². The van der Waals surface area contributed by atoms with E-state index < -0.39 is 5.60 Å². The van der Waals surface area contributed by atoms with Crippen LogP contribution in [-0.2, 0) is 16.9 Å². The van der Waals surface area contributed by atoms with Gasteiger partial charge in [-0.15, -0.1) is 11.8 Å². The summed E-state index contributed by atoms with van der Waals surface area (Å²) in [5.74, 6) is 0.762. The van der Waals surface area contributed by atoms with Crippen LogP contribution in [0.4, 0.5) is 4.79 Å². The van der Waals surface area contributed by atoms with Crippen LogP contribution in [-0.4, -0.2) is 42.6 Å². The first-order chi connectivity index (χ1) is 13.1. The Morgan fingerprint density at radius 2 is 1.89 bits per heavy atom. The Bertz CT molecular complexity index is 773. The molecule has 1 aliphatic heterocycles. The summed E-state index contributed by atoms with van der Waals surface area (Å²) in [6.45, 7) is 1.17. The van der Waals surface area contributed by atoms with Crippen LogP contribution in [0.1, 0.15) is 24.0 Å². The maximum atomic E-state index is 12.3. The minimum Gasteiger partial charge on any atom is -0.496 e. The molecule has 1 amide bonds. The number of aliphatic hydroxyl groups is 1. The average molecular weight is 388 g/mol. The van der Waals surface area contributed by atoms with Crippen molar-refractivity contribution in [1.29, 1.82) is 0 Å². The van der Waals surface area contributed by atoms with E-state index in [1.54, 1.807) is 23.8 Å². The van der Waals surface area contributed by atoms with Gasteiger partial charge in [-0.1, -0.05) is 36.4 Å². The highest BCUT2D eigenvalue weighted by atomic mass is 32.2. The second kappa shape index (κ2) is 8.67. The number of likely N-dealkylation sites (tertiary alicyclic amines) is 1. The number of methoxy groups -OCH3 is 1. The van der Waals surface area contributed by atoms with Crippen molar-refractivity contribution in [2.75, 3.05) is 26.5 Å². The molecule has 144 valence electrons. The molecule has 6 heteroatoms. The first kappa shape index (κ1) is 19.6. The molecule has 0 unspecified atom stereocenters. The van der Waals surface area contributed by atoms with Crippen LogP contribution in [0.2, 0.25) is 0 Å². The van der Waals surface area contributed by atoms with Gasteiger partial charge in [0.1, 0.15) is 12.4 Å². The minimum absolute atomic E-state index is 0.258. The molecule has 0 saturated carbocycles. The number of thioether (sulfide) groups is 1. The zero-order chi connectivity index (χ0) is 19.3. The first-order valence-electron chi connectivity index (χ1n) is 8.96. The van der Waals surface area contributed by atoms with E-state index in [-0.39, 0.29) is 12.7 Å². The Balaban J connectivity index is 1.59. The van der Waals surface area contributed by atoms with Crippen LogP contribution < -0.4 is 4.74 Å². The summed E-state index contributed by atoms with van der Waals surface area (Å²) in [6.07, 6.45) is 2.59. The summed E-state index contributed by atoms with van der Waals surface area (Å²) in [4.78, 5) is 15.0. The monoisotopic (exact) mass is 387 g/mol. The summed E-state index contributed by atoms with van der Waals surface area (Å²) >= 11 is 1.61. The number of carbonyl (C=O) groups is 1. The van der Waals surface area contributed by atoms with Crippen LogP contribution in [0.3, 0.4) is 0 Å². The van der Waals surface area contributed by atoms with Gasteiger partial charge in [-0.25, -0.2) is 4.79 Å². The Morgan fingerprint density at radius 3 is 2.52 bits per heavy atom. The van der Waals surface area contributed by atoms with Crippen molar-refractivity contribution < 1.29 is 19.4 Å². The number of piperidine rings is 1. The van der Waals surface area contributed by atoms with E-state index in [0.717, 1.165) is 21.8 Å². The molecule has 1 aliphatic rings. The lowest BCUT2D eigenvalue weighted by atomic mass is 9.84. The van der Waals surface area contributed by atoms with Gasteiger partial charge in [0.2, 0.25) is 0 Å². The van der Waals surface area contributed by atoms with Crippen molar-refractivity contribution in [3.8, 4) is 5.75 Å². The standard InChI is InChI=1S/C21H25NO4S/c1-25-18-14-17(8-9-19(18)27-2)21(24)10-12-22(13-11-21)20(23)26-15-16-6-4-3-5-7-16/h3-9,14,24H,10-13,15H2,1-2H3. The third kappa shape index (κ3) is 4.57. The molecule has 1 saturated heterocycles. The topological polar surface area (TPSA) is 59.0 Å². The highest BCUT2D eigenvalue weighted by Crippen LogP contribution is 2.37. The van der Waals surface area contributed by atoms with Gasteiger partial charge in [0.05, 0.1) is 12.7 Å². The molecule has 1 N–H and O–H groups in total. The molecule has 5 nitrogen and oxygen atoms in total. The third-order valence-electron chi connectivity index (χ3n) is 4.97. The fraction of sp³-hybridized carbons (Fsp3) is 0.381. The number of ether oxygens (including phenoxy) is 2. The molecule has 1 fully saturated rings. The number of hydrogen-bond donors (Lipinski definition) is 1. The predicted octanol–water partition coefficient (Wildman–Crippen LogP) is 4.04. The minimum atomic E-state index is -0.958. The highest BCUT2D eigenvalue weighted by Gasteiger charge is 2.36. The molecule has 27 heavy (non-hydrogen) atoms. The van der Waals surface area contributed by atoms with E-state index in [0.29, 0.717) is 25.9 Å². The number of carbonyl (C=O) groups excluding carboxylic acids is 1. The fourth-order valence-corrected chi connectivity index (χ4v) is 3.83. The molecule has 1 heterocycles. The van der Waals surface area contributed by atoms with E-state index in [4.69, 9.17) is 9.47 Å². The maximum absolute atomic E-state index is 12.3. The lowest BCUT2D eigenvalue weighted by molar-refractivity contribution is -0.0256. The van der Waals surface area contributed by atoms with Gasteiger partial charge >= 0.3 is 6.09 Å². The molecule has 0 atom stereocenters. The molecule has 0 aromatic heterocycles. The second-order valence-corrected chi connectivity index (χ2v) is 7.48. The molecule has 0 spiro atoms. The lowest BCUT2D eigenvalue weighted by Gasteiger charge is -2.38. The largest absolute Gasteiger partial charge is 0.496 e. The van der Waals surface area contributed by atoms with Crippen LogP contribution in [0, 0.1) is 0 Å². The van der Waals surface area contributed by atoms with Crippen LogP contribution >= 0.6 is 11.8 Å². The highest BCUT2D eigenvalue weighted by molar-refractivity contribution is 7.98. The van der Waals surface area contributed by atoms with Crippen molar-refractivity contribution in [3.63, 3.8) is 0 Å². The number of benzene rings is 2. The Morgan fingerprint density at radius 1 is 1.19 bits per heavy atom. The Labute approximate surface area is 164 Å². The van der Waals surface area contributed by atoms with Crippen molar-refractivity contribution in [2.45, 2.75) is 29.9 Å². The zero-order valence-electron chi connectivity index (χ0n) is 15.7.